The summed E-state index contributed by atoms with van der Waals surface area (Å²) >= 11 is 6.34. The lowest BCUT2D eigenvalue weighted by Crippen LogP contribution is -2.66. The summed E-state index contributed by atoms with van der Waals surface area (Å²) in [5.74, 6) is 0. The molecule has 3 aromatic carbocycles. The molecule has 0 fully saturated rings. The Hall–Kier alpha value is -2.47. The predicted octanol–water partition coefficient (Wildman–Crippen LogP) is 5.32. The summed E-state index contributed by atoms with van der Waals surface area (Å²) in [5, 5.41) is 13.9. The maximum absolute atomic E-state index is 11.5. The zero-order valence-corrected chi connectivity index (χ0v) is 18.5. The van der Waals surface area contributed by atoms with Crippen LogP contribution in [0.3, 0.4) is 0 Å². The van der Waals surface area contributed by atoms with Crippen LogP contribution >= 0.6 is 11.6 Å². The van der Waals surface area contributed by atoms with Gasteiger partial charge in [-0.25, -0.2) is 0 Å². The minimum atomic E-state index is -2.79. The van der Waals surface area contributed by atoms with Crippen LogP contribution in [0.25, 0.3) is 0 Å². The number of nitro benzene ring substituents is 1. The highest BCUT2D eigenvalue weighted by Crippen LogP contribution is 2.38. The molecule has 0 bridgehead atoms. The number of hydrogen-bond acceptors (Lipinski definition) is 3. The van der Waals surface area contributed by atoms with Crippen LogP contribution in [0.2, 0.25) is 10.1 Å². The van der Waals surface area contributed by atoms with Crippen LogP contribution in [0.1, 0.15) is 26.3 Å². The van der Waals surface area contributed by atoms with Crippen LogP contribution in [-0.4, -0.2) is 13.2 Å². The summed E-state index contributed by atoms with van der Waals surface area (Å²) in [6, 6.07) is 25.1. The summed E-state index contributed by atoms with van der Waals surface area (Å²) in [4.78, 5) is 11.1. The lowest BCUT2D eigenvalue weighted by Gasteiger charge is -2.43. The number of benzene rings is 3. The Balaban J connectivity index is 2.17. The Morgan fingerprint density at radius 2 is 1.41 bits per heavy atom. The van der Waals surface area contributed by atoms with Gasteiger partial charge in [0.25, 0.3) is 14.0 Å². The van der Waals surface area contributed by atoms with Crippen LogP contribution in [0.5, 0.6) is 0 Å². The lowest BCUT2D eigenvalue weighted by atomic mass is 10.2. The third-order valence-corrected chi connectivity index (χ3v) is 10.5. The summed E-state index contributed by atoms with van der Waals surface area (Å²) in [7, 11) is -2.79. The molecule has 0 saturated carbocycles. The second kappa shape index (κ2) is 8.49. The van der Waals surface area contributed by atoms with Crippen LogP contribution < -0.4 is 10.4 Å². The van der Waals surface area contributed by atoms with Gasteiger partial charge in [0, 0.05) is 6.07 Å². The van der Waals surface area contributed by atoms with Crippen LogP contribution in [0.15, 0.2) is 78.9 Å². The van der Waals surface area contributed by atoms with Gasteiger partial charge >= 0.3 is 0 Å². The molecule has 6 heteroatoms. The van der Waals surface area contributed by atoms with Crippen LogP contribution in [0, 0.1) is 10.1 Å². The molecule has 150 valence electrons. The van der Waals surface area contributed by atoms with Crippen molar-refractivity contribution in [3.63, 3.8) is 0 Å². The molecule has 0 heterocycles. The van der Waals surface area contributed by atoms with E-state index in [1.54, 1.807) is 12.1 Å². The first-order valence-corrected chi connectivity index (χ1v) is 11.7. The molecule has 4 nitrogen and oxygen atoms in total. The van der Waals surface area contributed by atoms with Gasteiger partial charge in [-0.05, 0) is 21.5 Å². The standard InChI is InChI=1S/C23H24ClNO3Si/c1-23(2,3)29(18-11-6-4-7-12-18,19-13-8-5-9-14-19)28-17-20-21(24)15-10-16-22(20)25(26)27/h4-16H,17H2,1-3H3. The SMILES string of the molecule is CC(C)(C)[Si](OCc1c(Cl)cccc1[N+](=O)[O-])(c1ccccc1)c1ccccc1. The van der Waals surface area contributed by atoms with E-state index in [2.05, 4.69) is 45.0 Å². The minimum Gasteiger partial charge on any atom is -0.403 e. The summed E-state index contributed by atoms with van der Waals surface area (Å²) in [6.07, 6.45) is 0. The Morgan fingerprint density at radius 3 is 1.86 bits per heavy atom. The molecule has 0 aromatic heterocycles. The summed E-state index contributed by atoms with van der Waals surface area (Å²) in [6.45, 7) is 6.57. The van der Waals surface area contributed by atoms with Crippen molar-refractivity contribution in [2.75, 3.05) is 0 Å². The van der Waals surface area contributed by atoms with Crippen molar-refractivity contribution in [3.8, 4) is 0 Å². The van der Waals surface area contributed by atoms with Gasteiger partial charge in [0.05, 0.1) is 22.1 Å². The van der Waals surface area contributed by atoms with Crippen molar-refractivity contribution in [1.29, 1.82) is 0 Å². The van der Waals surface area contributed by atoms with Gasteiger partial charge in [-0.3, -0.25) is 10.1 Å². The molecule has 3 rings (SSSR count). The molecular weight excluding hydrogens is 402 g/mol. The first-order valence-electron chi connectivity index (χ1n) is 9.44. The molecule has 0 unspecified atom stereocenters. The van der Waals surface area contributed by atoms with Gasteiger partial charge in [0.15, 0.2) is 0 Å². The maximum atomic E-state index is 11.5. The highest BCUT2D eigenvalue weighted by Gasteiger charge is 2.50. The van der Waals surface area contributed by atoms with E-state index < -0.39 is 13.2 Å². The van der Waals surface area contributed by atoms with Crippen molar-refractivity contribution in [3.05, 3.63) is 99.6 Å². The average molecular weight is 426 g/mol. The fourth-order valence-corrected chi connectivity index (χ4v) is 8.54. The van der Waals surface area contributed by atoms with Gasteiger partial charge in [-0.1, -0.05) is 99.1 Å². The van der Waals surface area contributed by atoms with Gasteiger partial charge in [-0.15, -0.1) is 0 Å². The Bertz CT molecular complexity index is 949. The molecule has 0 spiro atoms. The van der Waals surface area contributed by atoms with Crippen molar-refractivity contribution < 1.29 is 9.35 Å². The molecular formula is C23H24ClNO3Si. The first kappa shape index (κ1) is 21.2. The Kier molecular flexibility index (Phi) is 6.22. The van der Waals surface area contributed by atoms with Crippen LogP contribution in [-0.2, 0) is 11.0 Å². The van der Waals surface area contributed by atoms with E-state index in [1.807, 2.05) is 36.4 Å². The molecule has 0 saturated heterocycles. The number of nitro groups is 1. The topological polar surface area (TPSA) is 52.4 Å². The number of hydrogen-bond donors (Lipinski definition) is 0. The molecule has 0 atom stereocenters. The third kappa shape index (κ3) is 4.12. The number of halogens is 1. The fraction of sp³-hybridized carbons (Fsp3) is 0.217. The molecule has 0 aliphatic rings. The largest absolute Gasteiger partial charge is 0.403 e. The van der Waals surface area contributed by atoms with Gasteiger partial charge in [-0.2, -0.15) is 0 Å². The highest BCUT2D eigenvalue weighted by molar-refractivity contribution is 6.99. The van der Waals surface area contributed by atoms with Crippen molar-refractivity contribution in [1.82, 2.24) is 0 Å². The quantitative estimate of drug-likeness (QED) is 0.305. The van der Waals surface area contributed by atoms with Crippen molar-refractivity contribution >= 4 is 36.0 Å². The molecule has 3 aromatic rings. The fourth-order valence-electron chi connectivity index (χ4n) is 3.80. The Morgan fingerprint density at radius 1 is 0.897 bits per heavy atom. The predicted molar refractivity (Wildman–Crippen MR) is 121 cm³/mol. The third-order valence-electron chi connectivity index (χ3n) is 5.14. The second-order valence-electron chi connectivity index (χ2n) is 7.95. The van der Waals surface area contributed by atoms with E-state index in [-0.39, 0.29) is 17.3 Å². The lowest BCUT2D eigenvalue weighted by molar-refractivity contribution is -0.385. The van der Waals surface area contributed by atoms with E-state index in [0.717, 1.165) is 10.4 Å². The summed E-state index contributed by atoms with van der Waals surface area (Å²) < 4.78 is 6.77. The second-order valence-corrected chi connectivity index (χ2v) is 12.7. The van der Waals surface area contributed by atoms with Crippen LogP contribution in [0.4, 0.5) is 5.69 Å². The zero-order valence-electron chi connectivity index (χ0n) is 16.8. The molecule has 0 aliphatic heterocycles. The smallest absolute Gasteiger partial charge is 0.276 e. The Labute approximate surface area is 177 Å². The van der Waals surface area contributed by atoms with Gasteiger partial charge in [0.2, 0.25) is 0 Å². The maximum Gasteiger partial charge on any atom is 0.276 e. The van der Waals surface area contributed by atoms with Crippen molar-refractivity contribution in [2.24, 2.45) is 0 Å². The molecule has 0 radical (unpaired) electrons. The summed E-state index contributed by atoms with van der Waals surface area (Å²) in [5.41, 5.74) is 0.391. The van der Waals surface area contributed by atoms with E-state index in [9.17, 15) is 10.1 Å². The first-order chi connectivity index (χ1) is 13.8. The highest BCUT2D eigenvalue weighted by atomic mass is 35.5. The van der Waals surface area contributed by atoms with E-state index >= 15 is 0 Å². The number of rotatable bonds is 6. The zero-order chi connectivity index (χ0) is 21.1. The van der Waals surface area contributed by atoms with Gasteiger partial charge in [0.1, 0.15) is 0 Å². The molecule has 0 amide bonds. The normalized spacial score (nSPS) is 12.0. The minimum absolute atomic E-state index is 0.0181. The number of nitrogens with zero attached hydrogens (tertiary/aromatic N) is 1. The molecule has 0 aliphatic carbocycles. The van der Waals surface area contributed by atoms with E-state index in [0.29, 0.717) is 10.6 Å². The van der Waals surface area contributed by atoms with E-state index in [1.165, 1.54) is 6.07 Å². The molecule has 29 heavy (non-hydrogen) atoms. The van der Waals surface area contributed by atoms with Crippen molar-refractivity contribution in [2.45, 2.75) is 32.4 Å². The van der Waals surface area contributed by atoms with Gasteiger partial charge < -0.3 is 4.43 Å². The monoisotopic (exact) mass is 425 g/mol. The average Bonchev–Trinajstić information content (AvgIpc) is 2.70. The van der Waals surface area contributed by atoms with E-state index in [4.69, 9.17) is 16.0 Å². The molecule has 0 N–H and O–H groups in total.